The van der Waals surface area contributed by atoms with E-state index in [1.165, 1.54) is 18.2 Å². The van der Waals surface area contributed by atoms with Crippen LogP contribution in [0.5, 0.6) is 0 Å². The number of hydrogen-bond acceptors (Lipinski definition) is 4. The van der Waals surface area contributed by atoms with Gasteiger partial charge in [-0.2, -0.15) is 0 Å². The van der Waals surface area contributed by atoms with E-state index in [2.05, 4.69) is 5.18 Å². The summed E-state index contributed by atoms with van der Waals surface area (Å²) in [4.78, 5) is 20.2. The number of halogens is 2. The van der Waals surface area contributed by atoms with Crippen molar-refractivity contribution >= 4 is 28.9 Å². The summed E-state index contributed by atoms with van der Waals surface area (Å²) < 4.78 is 0. The lowest BCUT2D eigenvalue weighted by atomic mass is 10.1. The molecular formula is C8H6Cl2N2O3. The third-order valence-electron chi connectivity index (χ3n) is 1.78. The van der Waals surface area contributed by atoms with Crippen LogP contribution < -0.4 is 0 Å². The Morgan fingerprint density at radius 2 is 2.20 bits per heavy atom. The van der Waals surface area contributed by atoms with Crippen molar-refractivity contribution in [2.24, 2.45) is 5.18 Å². The van der Waals surface area contributed by atoms with Gasteiger partial charge in [-0.15, -0.1) is 4.91 Å². The predicted molar refractivity (Wildman–Crippen MR) is 57.2 cm³/mol. The van der Waals surface area contributed by atoms with E-state index in [4.69, 9.17) is 23.2 Å². The maximum atomic E-state index is 10.6. The van der Waals surface area contributed by atoms with Gasteiger partial charge >= 0.3 is 0 Å². The molecule has 0 bridgehead atoms. The number of nitro groups is 1. The molecule has 0 aliphatic carbocycles. The molecule has 7 heteroatoms. The molecule has 1 aromatic rings. The van der Waals surface area contributed by atoms with Gasteiger partial charge in [0.05, 0.1) is 15.5 Å². The minimum absolute atomic E-state index is 0.0545. The topological polar surface area (TPSA) is 72.6 Å². The van der Waals surface area contributed by atoms with Crippen LogP contribution in [0.1, 0.15) is 5.56 Å². The van der Waals surface area contributed by atoms with Crippen LogP contribution >= 0.6 is 23.2 Å². The third-order valence-corrected chi connectivity index (χ3v) is 2.37. The quantitative estimate of drug-likeness (QED) is 0.270. The summed E-state index contributed by atoms with van der Waals surface area (Å²) in [6.07, 6.45) is -0.0545. The average Bonchev–Trinajstić information content (AvgIpc) is 2.20. The number of benzene rings is 1. The van der Waals surface area contributed by atoms with Crippen LogP contribution in [0.3, 0.4) is 0 Å². The highest BCUT2D eigenvalue weighted by molar-refractivity contribution is 6.31. The van der Waals surface area contributed by atoms with Gasteiger partial charge in [0.2, 0.25) is 0 Å². The highest BCUT2D eigenvalue weighted by atomic mass is 35.5. The lowest BCUT2D eigenvalue weighted by Gasteiger charge is -2.04. The maximum Gasteiger partial charge on any atom is 0.274 e. The highest BCUT2D eigenvalue weighted by Gasteiger charge is 2.19. The second-order valence-electron chi connectivity index (χ2n) is 2.74. The van der Waals surface area contributed by atoms with Crippen LogP contribution in [0.4, 0.5) is 5.69 Å². The number of nitro benzene ring substituents is 1. The smallest absolute Gasteiger partial charge is 0.258 e. The zero-order valence-electron chi connectivity index (χ0n) is 7.39. The molecule has 80 valence electrons. The van der Waals surface area contributed by atoms with Crippen molar-refractivity contribution in [1.82, 2.24) is 0 Å². The Hall–Kier alpha value is -1.20. The normalized spacial score (nSPS) is 12.1. The Balaban J connectivity index is 3.13. The summed E-state index contributed by atoms with van der Waals surface area (Å²) in [5.74, 6) is 0. The molecule has 0 fully saturated rings. The van der Waals surface area contributed by atoms with Crippen LogP contribution in [-0.2, 0) is 6.42 Å². The van der Waals surface area contributed by atoms with Gasteiger partial charge in [-0.05, 0) is 11.2 Å². The number of nitrogens with zero attached hydrogens (tertiary/aromatic N) is 2. The van der Waals surface area contributed by atoms with Crippen molar-refractivity contribution < 1.29 is 4.92 Å². The highest BCUT2D eigenvalue weighted by Crippen LogP contribution is 2.28. The van der Waals surface area contributed by atoms with E-state index in [0.29, 0.717) is 0 Å². The van der Waals surface area contributed by atoms with Crippen molar-refractivity contribution in [3.8, 4) is 0 Å². The van der Waals surface area contributed by atoms with E-state index in [9.17, 15) is 15.0 Å². The Labute approximate surface area is 95.1 Å². The van der Waals surface area contributed by atoms with Gasteiger partial charge in [-0.1, -0.05) is 29.3 Å². The fraction of sp³-hybridized carbons (Fsp3) is 0.250. The zero-order chi connectivity index (χ0) is 11.4. The molecule has 0 N–H and O–H groups in total. The van der Waals surface area contributed by atoms with Gasteiger partial charge < -0.3 is 0 Å². The average molecular weight is 249 g/mol. The van der Waals surface area contributed by atoms with E-state index < -0.39 is 10.4 Å². The third kappa shape index (κ3) is 2.87. The fourth-order valence-corrected chi connectivity index (χ4v) is 1.53. The molecule has 1 atom stereocenters. The molecule has 0 aliphatic heterocycles. The van der Waals surface area contributed by atoms with E-state index in [1.54, 1.807) is 0 Å². The summed E-state index contributed by atoms with van der Waals surface area (Å²) in [5.41, 5.74) is -0.982. The standard InChI is InChI=1S/C8H6Cl2N2O3/c9-6-2-1-3-7(12(14)15)5(6)4-8(10)11-13/h1-3,8H,4H2. The van der Waals surface area contributed by atoms with Crippen molar-refractivity contribution in [2.45, 2.75) is 11.9 Å². The zero-order valence-corrected chi connectivity index (χ0v) is 8.90. The summed E-state index contributed by atoms with van der Waals surface area (Å²) in [6.45, 7) is 0. The first-order valence-corrected chi connectivity index (χ1v) is 4.76. The molecule has 1 aromatic carbocycles. The molecule has 5 nitrogen and oxygen atoms in total. The van der Waals surface area contributed by atoms with Crippen LogP contribution in [0, 0.1) is 15.0 Å². The first kappa shape index (κ1) is 11.9. The minimum atomic E-state index is -1.05. The predicted octanol–water partition coefficient (Wildman–Crippen LogP) is 3.12. The molecule has 0 saturated heterocycles. The van der Waals surface area contributed by atoms with Gasteiger partial charge in [0.25, 0.3) is 5.69 Å². The van der Waals surface area contributed by atoms with Crippen molar-refractivity contribution in [2.75, 3.05) is 0 Å². The molecule has 0 aliphatic rings. The van der Waals surface area contributed by atoms with Crippen molar-refractivity contribution in [1.29, 1.82) is 0 Å². The van der Waals surface area contributed by atoms with E-state index in [0.717, 1.165) is 0 Å². The summed E-state index contributed by atoms with van der Waals surface area (Å²) in [6, 6.07) is 4.26. The van der Waals surface area contributed by atoms with Crippen LogP contribution in [-0.4, -0.2) is 10.4 Å². The second kappa shape index (κ2) is 5.04. The van der Waals surface area contributed by atoms with Gasteiger partial charge in [-0.3, -0.25) is 10.1 Å². The van der Waals surface area contributed by atoms with E-state index >= 15 is 0 Å². The van der Waals surface area contributed by atoms with E-state index in [1.807, 2.05) is 0 Å². The largest absolute Gasteiger partial charge is 0.274 e. The van der Waals surface area contributed by atoms with Crippen molar-refractivity contribution in [3.05, 3.63) is 43.8 Å². The number of rotatable bonds is 4. The lowest BCUT2D eigenvalue weighted by Crippen LogP contribution is -2.03. The molecule has 0 radical (unpaired) electrons. The molecule has 1 unspecified atom stereocenters. The first-order valence-electron chi connectivity index (χ1n) is 3.94. The SMILES string of the molecule is O=NC(Cl)Cc1c(Cl)cccc1[N+](=O)[O-]. The Bertz CT molecular complexity index is 397. The first-order chi connectivity index (χ1) is 7.06. The summed E-state index contributed by atoms with van der Waals surface area (Å²) >= 11 is 11.3. The minimum Gasteiger partial charge on any atom is -0.258 e. The Morgan fingerprint density at radius 3 is 2.73 bits per heavy atom. The summed E-state index contributed by atoms with van der Waals surface area (Å²) in [5, 5.41) is 13.4. The van der Waals surface area contributed by atoms with Gasteiger partial charge in [0.15, 0.2) is 5.50 Å². The van der Waals surface area contributed by atoms with Crippen LogP contribution in [0.2, 0.25) is 5.02 Å². The van der Waals surface area contributed by atoms with Crippen LogP contribution in [0.15, 0.2) is 23.4 Å². The molecule has 15 heavy (non-hydrogen) atoms. The number of nitroso groups, excluding NO2 is 1. The Kier molecular flexibility index (Phi) is 3.99. The molecule has 0 amide bonds. The monoisotopic (exact) mass is 248 g/mol. The molecule has 0 saturated carbocycles. The second-order valence-corrected chi connectivity index (χ2v) is 3.65. The van der Waals surface area contributed by atoms with Gasteiger partial charge in [-0.25, -0.2) is 0 Å². The molecule has 0 aromatic heterocycles. The van der Waals surface area contributed by atoms with Gasteiger partial charge in [0.1, 0.15) is 0 Å². The number of alkyl halides is 1. The summed E-state index contributed by atoms with van der Waals surface area (Å²) in [7, 11) is 0. The fourth-order valence-electron chi connectivity index (χ4n) is 1.13. The van der Waals surface area contributed by atoms with E-state index in [-0.39, 0.29) is 22.7 Å². The molecule has 0 heterocycles. The van der Waals surface area contributed by atoms with Crippen LogP contribution in [0.25, 0.3) is 0 Å². The Morgan fingerprint density at radius 1 is 1.53 bits per heavy atom. The molecule has 0 spiro atoms. The molecule has 1 rings (SSSR count). The molecular weight excluding hydrogens is 243 g/mol. The maximum absolute atomic E-state index is 10.6. The number of hydrogen-bond donors (Lipinski definition) is 0. The van der Waals surface area contributed by atoms with Crippen molar-refractivity contribution in [3.63, 3.8) is 0 Å². The lowest BCUT2D eigenvalue weighted by molar-refractivity contribution is -0.385. The van der Waals surface area contributed by atoms with Gasteiger partial charge in [0, 0.05) is 12.5 Å².